The third-order valence-corrected chi connectivity index (χ3v) is 6.29. The predicted octanol–water partition coefficient (Wildman–Crippen LogP) is 1.17. The number of aromatic nitrogens is 2. The SMILES string of the molecule is CS(=N)(=O)N1CC(CNc2nonc2/C(=N\O)N[C@@H]2Cc3ccc(F)cc32)C1. The van der Waals surface area contributed by atoms with Crippen LogP contribution in [0.15, 0.2) is 28.0 Å². The fraction of sp³-hybridized carbons (Fsp3) is 0.438. The third kappa shape index (κ3) is 3.52. The molecule has 0 radical (unpaired) electrons. The summed E-state index contributed by atoms with van der Waals surface area (Å²) >= 11 is 0. The molecule has 0 bridgehead atoms. The molecule has 2 aliphatic rings. The largest absolute Gasteiger partial charge is 0.409 e. The maximum atomic E-state index is 13.4. The molecule has 4 rings (SSSR count). The Labute approximate surface area is 160 Å². The van der Waals surface area contributed by atoms with Crippen molar-refractivity contribution >= 4 is 21.6 Å². The Morgan fingerprint density at radius 2 is 2.29 bits per heavy atom. The maximum absolute atomic E-state index is 13.4. The zero-order valence-electron chi connectivity index (χ0n) is 15.1. The molecule has 2 atom stereocenters. The minimum Gasteiger partial charge on any atom is -0.409 e. The standard InChI is InChI=1S/C16H20FN7O3S/c1-28(18,26)24-7-9(8-24)6-19-15-14(22-27-23-15)16(21-25)20-13-4-10-2-3-11(17)5-12(10)13/h2-3,5,9,13,18,25H,4,6-8H2,1H3,(H,19,23)(H,20,21)/t13-,28?/m1/s1. The van der Waals surface area contributed by atoms with E-state index in [2.05, 4.69) is 26.1 Å². The molecule has 10 nitrogen and oxygen atoms in total. The monoisotopic (exact) mass is 409 g/mol. The molecule has 1 aromatic heterocycles. The summed E-state index contributed by atoms with van der Waals surface area (Å²) in [5.74, 6) is 0.262. The van der Waals surface area contributed by atoms with Crippen molar-refractivity contribution in [2.45, 2.75) is 12.5 Å². The summed E-state index contributed by atoms with van der Waals surface area (Å²) in [6.45, 7) is 1.62. The van der Waals surface area contributed by atoms with Crippen LogP contribution in [-0.2, 0) is 16.3 Å². The molecular weight excluding hydrogens is 389 g/mol. The van der Waals surface area contributed by atoms with Gasteiger partial charge in [0.05, 0.1) is 6.04 Å². The molecule has 1 saturated heterocycles. The van der Waals surface area contributed by atoms with Gasteiger partial charge in [0, 0.05) is 31.8 Å². The van der Waals surface area contributed by atoms with E-state index in [1.165, 1.54) is 18.4 Å². The highest BCUT2D eigenvalue weighted by Gasteiger charge is 2.32. The third-order valence-electron chi connectivity index (χ3n) is 5.01. The number of halogens is 1. The van der Waals surface area contributed by atoms with Crippen molar-refractivity contribution in [2.75, 3.05) is 31.2 Å². The molecular formula is C16H20FN7O3S. The number of nitrogens with one attached hydrogen (secondary N) is 3. The van der Waals surface area contributed by atoms with Crippen LogP contribution in [0.4, 0.5) is 10.2 Å². The van der Waals surface area contributed by atoms with Crippen LogP contribution in [0.25, 0.3) is 0 Å². The normalized spacial score (nSPS) is 21.9. The van der Waals surface area contributed by atoms with Gasteiger partial charge in [-0.2, -0.15) is 0 Å². The molecule has 1 aliphatic carbocycles. The quantitative estimate of drug-likeness (QED) is 0.243. The number of hydrogen-bond acceptors (Lipinski definition) is 8. The van der Waals surface area contributed by atoms with E-state index in [4.69, 9.17) is 9.41 Å². The number of amidine groups is 1. The van der Waals surface area contributed by atoms with E-state index in [1.54, 1.807) is 10.4 Å². The Bertz CT molecular complexity index is 1020. The number of oxime groups is 1. The number of anilines is 1. The fourth-order valence-corrected chi connectivity index (χ4v) is 4.34. The molecule has 2 heterocycles. The van der Waals surface area contributed by atoms with Crippen molar-refractivity contribution in [2.24, 2.45) is 11.1 Å². The van der Waals surface area contributed by atoms with Gasteiger partial charge in [-0.15, -0.1) is 0 Å². The summed E-state index contributed by atoms with van der Waals surface area (Å²) < 4.78 is 39.0. The molecule has 12 heteroatoms. The molecule has 150 valence electrons. The molecule has 1 aromatic carbocycles. The number of hydrogen-bond donors (Lipinski definition) is 4. The van der Waals surface area contributed by atoms with Crippen LogP contribution >= 0.6 is 0 Å². The van der Waals surface area contributed by atoms with Gasteiger partial charge in [-0.1, -0.05) is 11.2 Å². The number of fused-ring (bicyclic) bond motifs is 1. The summed E-state index contributed by atoms with van der Waals surface area (Å²) in [5.41, 5.74) is 2.05. The molecule has 2 aromatic rings. The smallest absolute Gasteiger partial charge is 0.202 e. The first-order valence-electron chi connectivity index (χ1n) is 8.67. The van der Waals surface area contributed by atoms with E-state index in [-0.39, 0.29) is 29.3 Å². The first kappa shape index (κ1) is 18.6. The minimum atomic E-state index is -2.66. The van der Waals surface area contributed by atoms with Crippen LogP contribution < -0.4 is 10.6 Å². The Balaban J connectivity index is 1.38. The van der Waals surface area contributed by atoms with Crippen molar-refractivity contribution < 1.29 is 18.4 Å². The summed E-state index contributed by atoms with van der Waals surface area (Å²) in [7, 11) is -2.66. The minimum absolute atomic E-state index is 0.0710. The molecule has 0 saturated carbocycles. The van der Waals surface area contributed by atoms with Crippen molar-refractivity contribution in [1.29, 1.82) is 4.78 Å². The van der Waals surface area contributed by atoms with E-state index >= 15 is 0 Å². The van der Waals surface area contributed by atoms with Gasteiger partial charge < -0.3 is 15.8 Å². The number of rotatable bonds is 6. The average Bonchev–Trinajstić information content (AvgIpc) is 3.04. The van der Waals surface area contributed by atoms with E-state index in [0.29, 0.717) is 31.9 Å². The topological polar surface area (TPSA) is 140 Å². The highest BCUT2D eigenvalue weighted by atomic mass is 32.2. The van der Waals surface area contributed by atoms with Crippen molar-refractivity contribution in [3.8, 4) is 0 Å². The van der Waals surface area contributed by atoms with Crippen LogP contribution in [0.5, 0.6) is 0 Å². The van der Waals surface area contributed by atoms with Gasteiger partial charge in [0.15, 0.2) is 11.5 Å². The van der Waals surface area contributed by atoms with Crippen LogP contribution in [0, 0.1) is 16.5 Å². The second-order valence-electron chi connectivity index (χ2n) is 7.05. The lowest BCUT2D eigenvalue weighted by atomic mass is 9.83. The van der Waals surface area contributed by atoms with Gasteiger partial charge in [0.2, 0.25) is 5.82 Å². The zero-order valence-corrected chi connectivity index (χ0v) is 15.9. The lowest BCUT2D eigenvalue weighted by Gasteiger charge is -2.38. The summed E-state index contributed by atoms with van der Waals surface area (Å²) in [6, 6.07) is 4.40. The van der Waals surface area contributed by atoms with E-state index in [9.17, 15) is 13.8 Å². The average molecular weight is 409 g/mol. The maximum Gasteiger partial charge on any atom is 0.202 e. The second kappa shape index (κ2) is 7.02. The fourth-order valence-electron chi connectivity index (χ4n) is 3.35. The van der Waals surface area contributed by atoms with Gasteiger partial charge in [0.1, 0.15) is 15.7 Å². The van der Waals surface area contributed by atoms with Gasteiger partial charge in [-0.05, 0) is 40.0 Å². The highest BCUT2D eigenvalue weighted by Crippen LogP contribution is 2.33. The van der Waals surface area contributed by atoms with E-state index < -0.39 is 9.92 Å². The summed E-state index contributed by atoms with van der Waals surface area (Å²) in [6.07, 6.45) is 2.07. The van der Waals surface area contributed by atoms with E-state index in [1.807, 2.05) is 0 Å². The molecule has 1 fully saturated rings. The van der Waals surface area contributed by atoms with Gasteiger partial charge in [-0.25, -0.2) is 22.3 Å². The first-order valence-corrected chi connectivity index (χ1v) is 10.6. The van der Waals surface area contributed by atoms with Crippen LogP contribution in [0.3, 0.4) is 0 Å². The molecule has 0 spiro atoms. The van der Waals surface area contributed by atoms with Crippen molar-refractivity contribution in [3.05, 3.63) is 40.8 Å². The molecule has 1 aliphatic heterocycles. The highest BCUT2D eigenvalue weighted by molar-refractivity contribution is 7.89. The molecule has 28 heavy (non-hydrogen) atoms. The zero-order chi connectivity index (χ0) is 19.9. The second-order valence-corrected chi connectivity index (χ2v) is 9.17. The Morgan fingerprint density at radius 1 is 1.50 bits per heavy atom. The van der Waals surface area contributed by atoms with E-state index in [0.717, 1.165) is 11.1 Å². The molecule has 4 N–H and O–H groups in total. The Kier molecular flexibility index (Phi) is 4.67. The number of nitrogens with zero attached hydrogens (tertiary/aromatic N) is 4. The van der Waals surface area contributed by atoms with Crippen molar-refractivity contribution in [1.82, 2.24) is 19.9 Å². The Morgan fingerprint density at radius 3 is 3.00 bits per heavy atom. The van der Waals surface area contributed by atoms with Gasteiger partial charge >= 0.3 is 0 Å². The Hall–Kier alpha value is -2.73. The van der Waals surface area contributed by atoms with Crippen LogP contribution in [0.1, 0.15) is 22.9 Å². The lowest BCUT2D eigenvalue weighted by molar-refractivity contribution is 0.219. The van der Waals surface area contributed by atoms with Crippen molar-refractivity contribution in [3.63, 3.8) is 0 Å². The number of benzene rings is 1. The summed E-state index contributed by atoms with van der Waals surface area (Å²) in [4.78, 5) is 0. The first-order chi connectivity index (χ1) is 13.3. The van der Waals surface area contributed by atoms with Crippen LogP contribution in [-0.4, -0.2) is 55.8 Å². The van der Waals surface area contributed by atoms with Gasteiger partial charge in [0.25, 0.3) is 0 Å². The predicted molar refractivity (Wildman–Crippen MR) is 98.9 cm³/mol. The molecule has 1 unspecified atom stereocenters. The summed E-state index contributed by atoms with van der Waals surface area (Å²) in [5, 5.41) is 26.4. The van der Waals surface area contributed by atoms with Crippen LogP contribution in [0.2, 0.25) is 0 Å². The molecule has 0 amide bonds. The van der Waals surface area contributed by atoms with Gasteiger partial charge in [-0.3, -0.25) is 0 Å². The lowest BCUT2D eigenvalue weighted by Crippen LogP contribution is -2.51.